The van der Waals surface area contributed by atoms with E-state index in [-0.39, 0.29) is 43.7 Å². The second kappa shape index (κ2) is 12.1. The first kappa shape index (κ1) is 31.2. The van der Waals surface area contributed by atoms with Crippen molar-refractivity contribution < 1.29 is 23.1 Å². The van der Waals surface area contributed by atoms with Crippen LogP contribution in [0.15, 0.2) is 79.4 Å². The zero-order valence-electron chi connectivity index (χ0n) is 27.3. The number of nitrogens with zero attached hydrogens (tertiary/aromatic N) is 3. The van der Waals surface area contributed by atoms with Gasteiger partial charge in [0.1, 0.15) is 11.9 Å². The number of nitrogens with one attached hydrogen (secondary N) is 3. The molecule has 11 heteroatoms. The Kier molecular flexibility index (Phi) is 7.72. The fourth-order valence-corrected chi connectivity index (χ4v) is 8.08. The van der Waals surface area contributed by atoms with E-state index in [0.29, 0.717) is 17.7 Å². The number of benzene rings is 3. The number of rotatable bonds is 7. The maximum Gasteiger partial charge on any atom is 0.407 e. The van der Waals surface area contributed by atoms with Crippen LogP contribution in [0.25, 0.3) is 44.4 Å². The molecule has 5 atom stereocenters. The van der Waals surface area contributed by atoms with E-state index in [9.17, 15) is 18.4 Å². The number of aromatic amines is 2. The number of H-pyrrole nitrogens is 2. The van der Waals surface area contributed by atoms with Gasteiger partial charge in [-0.05, 0) is 76.6 Å². The number of halogens is 2. The first-order chi connectivity index (χ1) is 23.7. The summed E-state index contributed by atoms with van der Waals surface area (Å²) in [4.78, 5) is 43.9. The molecule has 0 spiro atoms. The molecular formula is C38H38F2N6O3. The Balaban J connectivity index is 1.02. The van der Waals surface area contributed by atoms with Gasteiger partial charge in [0.25, 0.3) is 0 Å². The molecule has 0 radical (unpaired) electrons. The Labute approximate surface area is 282 Å². The van der Waals surface area contributed by atoms with Gasteiger partial charge < -0.3 is 24.9 Å². The first-order valence-corrected chi connectivity index (χ1v) is 16.9. The van der Waals surface area contributed by atoms with Gasteiger partial charge in [0.15, 0.2) is 0 Å². The second-order valence-electron chi connectivity index (χ2n) is 13.8. The third-order valence-corrected chi connectivity index (χ3v) is 11.0. The largest absolute Gasteiger partial charge is 0.453 e. The molecule has 8 rings (SSSR count). The summed E-state index contributed by atoms with van der Waals surface area (Å²) >= 11 is 0. The Hall–Kier alpha value is -5.06. The van der Waals surface area contributed by atoms with Crippen LogP contribution in [0.2, 0.25) is 0 Å². The van der Waals surface area contributed by atoms with Gasteiger partial charge >= 0.3 is 6.09 Å². The van der Waals surface area contributed by atoms with Gasteiger partial charge in [-0.2, -0.15) is 0 Å². The predicted molar refractivity (Wildman–Crippen MR) is 181 cm³/mol. The standard InChI is InChI=1S/C38H38F2N6O3/c1-21-29-17-32(46(34(21)29)36(47)33(45-37(48)49-2)24-11-13-38(39,40)14-12-24)35-42-19-31(44-35)28-10-9-26-15-25(7-8-27(26)16-28)22-3-5-23(6-4-22)30-18-41-20-43-30/h3-10,15-16,18-21,24,29,32-34H,11-14,17H2,1-2H3,(H,41,43)(H,42,44)(H,45,48)/t21-,29?,32+,33?,34?/m1/s1. The molecule has 5 aromatic rings. The zero-order valence-corrected chi connectivity index (χ0v) is 27.3. The van der Waals surface area contributed by atoms with Crippen molar-refractivity contribution in [2.24, 2.45) is 17.8 Å². The molecule has 252 valence electrons. The minimum Gasteiger partial charge on any atom is -0.453 e. The third kappa shape index (κ3) is 5.85. The summed E-state index contributed by atoms with van der Waals surface area (Å²) in [5, 5.41) is 4.91. The quantitative estimate of drug-likeness (QED) is 0.165. The molecule has 9 nitrogen and oxygen atoms in total. The van der Waals surface area contributed by atoms with Crippen LogP contribution in [-0.2, 0) is 9.53 Å². The minimum atomic E-state index is -2.75. The van der Waals surface area contributed by atoms with Crippen molar-refractivity contribution >= 4 is 22.8 Å². The highest BCUT2D eigenvalue weighted by Crippen LogP contribution is 2.58. The number of piperidine rings is 1. The average Bonchev–Trinajstić information content (AvgIpc) is 3.67. The number of hydrogen-bond acceptors (Lipinski definition) is 5. The van der Waals surface area contributed by atoms with Gasteiger partial charge in [-0.3, -0.25) is 4.79 Å². The molecule has 3 N–H and O–H groups in total. The number of aromatic nitrogens is 4. The molecule has 3 aromatic carbocycles. The number of carbonyl (C=O) groups is 2. The SMILES string of the molecule is COC(=O)NC(C(=O)N1C2C(C[C@H]1c1ncc(-c3ccc4cc(-c5ccc(-c6cnc[nH]6)cc5)ccc4c3)[nH]1)[C@H]2C)C1CCC(F)(F)CC1. The van der Waals surface area contributed by atoms with Crippen molar-refractivity contribution in [3.63, 3.8) is 0 Å². The lowest BCUT2D eigenvalue weighted by atomic mass is 9.81. The summed E-state index contributed by atoms with van der Waals surface area (Å²) in [7, 11) is 1.24. The van der Waals surface area contributed by atoms with Crippen LogP contribution in [0.3, 0.4) is 0 Å². The van der Waals surface area contributed by atoms with Crippen LogP contribution in [0.4, 0.5) is 13.6 Å². The maximum absolute atomic E-state index is 14.3. The molecule has 1 aliphatic heterocycles. The Bertz CT molecular complexity index is 2000. The summed E-state index contributed by atoms with van der Waals surface area (Å²) in [6, 6.07) is 19.9. The fourth-order valence-electron chi connectivity index (χ4n) is 8.08. The van der Waals surface area contributed by atoms with E-state index < -0.39 is 24.0 Å². The average molecular weight is 665 g/mol. The van der Waals surface area contributed by atoms with Crippen molar-refractivity contribution in [1.29, 1.82) is 0 Å². The Morgan fingerprint density at radius 3 is 2.31 bits per heavy atom. The number of fused-ring (bicyclic) bond motifs is 2. The van der Waals surface area contributed by atoms with Crippen molar-refractivity contribution in [2.75, 3.05) is 7.11 Å². The molecule has 1 saturated heterocycles. The van der Waals surface area contributed by atoms with E-state index >= 15 is 0 Å². The van der Waals surface area contributed by atoms with Crippen LogP contribution in [0.5, 0.6) is 0 Å². The molecule has 3 aliphatic rings. The Morgan fingerprint density at radius 2 is 1.61 bits per heavy atom. The number of methoxy groups -OCH3 is 1. The summed E-state index contributed by atoms with van der Waals surface area (Å²) in [6.45, 7) is 2.13. The van der Waals surface area contributed by atoms with Gasteiger partial charge in [0, 0.05) is 24.4 Å². The smallest absolute Gasteiger partial charge is 0.407 e. The molecule has 3 heterocycles. The van der Waals surface area contributed by atoms with Gasteiger partial charge in [0.2, 0.25) is 11.8 Å². The third-order valence-electron chi connectivity index (χ3n) is 11.0. The number of hydrogen-bond donors (Lipinski definition) is 3. The maximum atomic E-state index is 14.3. The van der Waals surface area contributed by atoms with E-state index in [1.165, 1.54) is 7.11 Å². The minimum absolute atomic E-state index is 0.0228. The van der Waals surface area contributed by atoms with Crippen molar-refractivity contribution in [3.8, 4) is 33.6 Å². The zero-order chi connectivity index (χ0) is 33.9. The highest BCUT2D eigenvalue weighted by molar-refractivity contribution is 5.91. The molecular weight excluding hydrogens is 626 g/mol. The molecule has 2 amide bonds. The van der Waals surface area contributed by atoms with E-state index in [1.54, 1.807) is 12.5 Å². The topological polar surface area (TPSA) is 116 Å². The predicted octanol–water partition coefficient (Wildman–Crippen LogP) is 7.75. The second-order valence-corrected chi connectivity index (χ2v) is 13.8. The Morgan fingerprint density at radius 1 is 0.939 bits per heavy atom. The monoisotopic (exact) mass is 664 g/mol. The number of amides is 2. The van der Waals surface area contributed by atoms with E-state index in [4.69, 9.17) is 9.72 Å². The lowest BCUT2D eigenvalue weighted by Gasteiger charge is -2.37. The molecule has 2 aromatic heterocycles. The highest BCUT2D eigenvalue weighted by Gasteiger charge is 2.62. The van der Waals surface area contributed by atoms with Crippen LogP contribution in [-0.4, -0.2) is 62.0 Å². The van der Waals surface area contributed by atoms with E-state index in [0.717, 1.165) is 50.8 Å². The fraction of sp³-hybridized carbons (Fsp3) is 0.368. The molecule has 49 heavy (non-hydrogen) atoms. The van der Waals surface area contributed by atoms with Crippen LogP contribution in [0, 0.1) is 17.8 Å². The van der Waals surface area contributed by atoms with Gasteiger partial charge in [-0.25, -0.2) is 23.5 Å². The van der Waals surface area contributed by atoms with Crippen LogP contribution < -0.4 is 5.32 Å². The molecule has 3 unspecified atom stereocenters. The number of imidazole rings is 2. The van der Waals surface area contributed by atoms with Crippen LogP contribution in [0.1, 0.15) is 50.9 Å². The van der Waals surface area contributed by atoms with Crippen LogP contribution >= 0.6 is 0 Å². The number of likely N-dealkylation sites (tertiary alicyclic amines) is 1. The van der Waals surface area contributed by atoms with E-state index in [1.807, 2.05) is 11.1 Å². The van der Waals surface area contributed by atoms with Gasteiger partial charge in [-0.1, -0.05) is 55.5 Å². The molecule has 3 fully saturated rings. The first-order valence-electron chi connectivity index (χ1n) is 16.9. The number of ether oxygens (including phenoxy) is 1. The number of carbonyl (C=O) groups excluding carboxylic acids is 2. The molecule has 0 bridgehead atoms. The summed E-state index contributed by atoms with van der Waals surface area (Å²) < 4.78 is 32.9. The highest BCUT2D eigenvalue weighted by atomic mass is 19.3. The van der Waals surface area contributed by atoms with Gasteiger partial charge in [-0.15, -0.1) is 0 Å². The number of alkyl halides is 2. The lowest BCUT2D eigenvalue weighted by Crippen LogP contribution is -2.54. The summed E-state index contributed by atoms with van der Waals surface area (Å²) in [6.07, 6.45) is 5.01. The van der Waals surface area contributed by atoms with Crippen molar-refractivity contribution in [1.82, 2.24) is 30.2 Å². The summed E-state index contributed by atoms with van der Waals surface area (Å²) in [5.41, 5.74) is 6.13. The van der Waals surface area contributed by atoms with Crippen molar-refractivity contribution in [2.45, 2.75) is 63.1 Å². The summed E-state index contributed by atoms with van der Waals surface area (Å²) in [5.74, 6) is -2.06. The number of alkyl carbamates (subject to hydrolysis) is 1. The van der Waals surface area contributed by atoms with Crippen molar-refractivity contribution in [3.05, 3.63) is 85.2 Å². The molecule has 2 saturated carbocycles. The molecule has 2 aliphatic carbocycles. The normalized spacial score (nSPS) is 23.6. The lowest BCUT2D eigenvalue weighted by molar-refractivity contribution is -0.139. The van der Waals surface area contributed by atoms with E-state index in [2.05, 4.69) is 87.9 Å². The van der Waals surface area contributed by atoms with Gasteiger partial charge in [0.05, 0.1) is 43.3 Å².